The van der Waals surface area contributed by atoms with E-state index in [0.717, 1.165) is 0 Å². The molecule has 2 amide bonds. The monoisotopic (exact) mass is 338 g/mol. The van der Waals surface area contributed by atoms with Crippen molar-refractivity contribution < 1.29 is 28.6 Å². The maximum Gasteiger partial charge on any atom is 0.306 e. The van der Waals surface area contributed by atoms with E-state index in [1.165, 1.54) is 23.1 Å². The van der Waals surface area contributed by atoms with Crippen LogP contribution in [0, 0.1) is 5.82 Å². The molecule has 0 saturated carbocycles. The van der Waals surface area contributed by atoms with Gasteiger partial charge in [0.25, 0.3) is 0 Å². The van der Waals surface area contributed by atoms with Crippen molar-refractivity contribution in [2.75, 3.05) is 26.2 Å². The summed E-state index contributed by atoms with van der Waals surface area (Å²) in [5, 5.41) is 11.3. The molecule has 1 heterocycles. The number of rotatable bonds is 6. The molecule has 1 unspecified atom stereocenters. The highest BCUT2D eigenvalue weighted by Gasteiger charge is 2.25. The van der Waals surface area contributed by atoms with Gasteiger partial charge in [0.2, 0.25) is 11.8 Å². The molecular formula is C16H19FN2O5. The predicted octanol–water partition coefficient (Wildman–Crippen LogP) is 0.187. The smallest absolute Gasteiger partial charge is 0.306 e. The highest BCUT2D eigenvalue weighted by atomic mass is 19.1. The Bertz CT molecular complexity index is 622. The molecule has 1 saturated heterocycles. The Morgan fingerprint density at radius 2 is 2.17 bits per heavy atom. The first-order valence-corrected chi connectivity index (χ1v) is 7.56. The number of carboxylic acids is 1. The van der Waals surface area contributed by atoms with Crippen LogP contribution in [-0.4, -0.2) is 60.1 Å². The van der Waals surface area contributed by atoms with E-state index in [2.05, 4.69) is 5.32 Å². The lowest BCUT2D eigenvalue weighted by Gasteiger charge is -2.32. The van der Waals surface area contributed by atoms with Gasteiger partial charge in [-0.3, -0.25) is 14.4 Å². The summed E-state index contributed by atoms with van der Waals surface area (Å²) < 4.78 is 18.3. The Hall–Kier alpha value is -2.48. The Kier molecular flexibility index (Phi) is 6.25. The molecule has 7 nitrogen and oxygen atoms in total. The summed E-state index contributed by atoms with van der Waals surface area (Å²) in [4.78, 5) is 36.1. The lowest BCUT2D eigenvalue weighted by Crippen LogP contribution is -2.49. The highest BCUT2D eigenvalue weighted by molar-refractivity contribution is 5.85. The number of ether oxygens (including phenoxy) is 1. The fourth-order valence-corrected chi connectivity index (χ4v) is 2.44. The summed E-state index contributed by atoms with van der Waals surface area (Å²) >= 11 is 0. The molecule has 0 aromatic heterocycles. The second-order valence-corrected chi connectivity index (χ2v) is 5.51. The lowest BCUT2D eigenvalue weighted by molar-refractivity contribution is -0.147. The van der Waals surface area contributed by atoms with Crippen LogP contribution in [0.15, 0.2) is 24.3 Å². The zero-order valence-corrected chi connectivity index (χ0v) is 13.0. The first kappa shape index (κ1) is 17.9. The summed E-state index contributed by atoms with van der Waals surface area (Å²) in [7, 11) is 0. The van der Waals surface area contributed by atoms with Crippen LogP contribution < -0.4 is 5.32 Å². The minimum atomic E-state index is -0.988. The summed E-state index contributed by atoms with van der Waals surface area (Å²) in [6, 6.07) is 5.69. The average molecular weight is 338 g/mol. The van der Waals surface area contributed by atoms with Gasteiger partial charge in [0.05, 0.1) is 32.1 Å². The molecule has 8 heteroatoms. The van der Waals surface area contributed by atoms with Crippen molar-refractivity contribution in [3.05, 3.63) is 35.6 Å². The molecule has 1 aliphatic heterocycles. The number of hydrogen-bond acceptors (Lipinski definition) is 4. The van der Waals surface area contributed by atoms with E-state index in [9.17, 15) is 18.8 Å². The van der Waals surface area contributed by atoms with E-state index in [4.69, 9.17) is 9.84 Å². The van der Waals surface area contributed by atoms with Gasteiger partial charge in [-0.25, -0.2) is 4.39 Å². The van der Waals surface area contributed by atoms with Crippen LogP contribution >= 0.6 is 0 Å². The fraction of sp³-hybridized carbons (Fsp3) is 0.438. The minimum Gasteiger partial charge on any atom is -0.481 e. The maximum atomic E-state index is 13.1. The number of amides is 2. The normalized spacial score (nSPS) is 17.4. The van der Waals surface area contributed by atoms with Crippen LogP contribution in [0.25, 0.3) is 0 Å². The van der Waals surface area contributed by atoms with Gasteiger partial charge in [0, 0.05) is 13.1 Å². The molecular weight excluding hydrogens is 319 g/mol. The number of benzene rings is 1. The molecule has 2 rings (SSSR count). The average Bonchev–Trinajstić information content (AvgIpc) is 2.52. The standard InChI is InChI=1S/C16H19FN2O5/c17-12-3-1-2-11(6-12)7-14(20)18-9-15(21)19-4-5-24-13(10-19)8-16(22)23/h1-3,6,13H,4-5,7-10H2,(H,18,20)(H,22,23). The van der Waals surface area contributed by atoms with Gasteiger partial charge in [-0.15, -0.1) is 0 Å². The third-order valence-corrected chi connectivity index (χ3v) is 3.58. The molecule has 130 valence electrons. The van der Waals surface area contributed by atoms with Crippen molar-refractivity contribution >= 4 is 17.8 Å². The summed E-state index contributed by atoms with van der Waals surface area (Å²) in [6.07, 6.45) is -0.728. The van der Waals surface area contributed by atoms with Crippen molar-refractivity contribution in [2.45, 2.75) is 18.9 Å². The van der Waals surface area contributed by atoms with Crippen LogP contribution in [-0.2, 0) is 25.5 Å². The molecule has 0 aliphatic carbocycles. The van der Waals surface area contributed by atoms with E-state index in [0.29, 0.717) is 12.1 Å². The molecule has 24 heavy (non-hydrogen) atoms. The van der Waals surface area contributed by atoms with Gasteiger partial charge in [0.15, 0.2) is 0 Å². The number of nitrogens with one attached hydrogen (secondary N) is 1. The SMILES string of the molecule is O=C(O)CC1CN(C(=O)CNC(=O)Cc2cccc(F)c2)CCO1. The lowest BCUT2D eigenvalue weighted by atomic mass is 10.1. The van der Waals surface area contributed by atoms with Gasteiger partial charge in [-0.05, 0) is 17.7 Å². The van der Waals surface area contributed by atoms with Gasteiger partial charge >= 0.3 is 5.97 Å². The number of aliphatic carboxylic acids is 1. The van der Waals surface area contributed by atoms with Crippen LogP contribution in [0.5, 0.6) is 0 Å². The van der Waals surface area contributed by atoms with Crippen molar-refractivity contribution in [3.63, 3.8) is 0 Å². The van der Waals surface area contributed by atoms with Gasteiger partial charge in [-0.1, -0.05) is 12.1 Å². The maximum absolute atomic E-state index is 13.1. The molecule has 1 fully saturated rings. The number of halogens is 1. The van der Waals surface area contributed by atoms with E-state index in [1.54, 1.807) is 6.07 Å². The topological polar surface area (TPSA) is 95.9 Å². The molecule has 1 aromatic carbocycles. The van der Waals surface area contributed by atoms with Crippen LogP contribution in [0.1, 0.15) is 12.0 Å². The number of morpholine rings is 1. The van der Waals surface area contributed by atoms with Gasteiger partial charge in [-0.2, -0.15) is 0 Å². The largest absolute Gasteiger partial charge is 0.481 e. The van der Waals surface area contributed by atoms with E-state index < -0.39 is 17.9 Å². The minimum absolute atomic E-state index is 0.0181. The Morgan fingerprint density at radius 3 is 2.88 bits per heavy atom. The highest BCUT2D eigenvalue weighted by Crippen LogP contribution is 2.09. The molecule has 0 bridgehead atoms. The number of nitrogens with zero attached hydrogens (tertiary/aromatic N) is 1. The van der Waals surface area contributed by atoms with Crippen molar-refractivity contribution in [2.24, 2.45) is 0 Å². The number of hydrogen-bond donors (Lipinski definition) is 2. The van der Waals surface area contributed by atoms with Crippen LogP contribution in [0.4, 0.5) is 4.39 Å². The molecule has 1 atom stereocenters. The third-order valence-electron chi connectivity index (χ3n) is 3.58. The first-order chi connectivity index (χ1) is 11.4. The third kappa shape index (κ3) is 5.62. The Labute approximate surface area is 138 Å². The molecule has 2 N–H and O–H groups in total. The second-order valence-electron chi connectivity index (χ2n) is 5.51. The number of carbonyl (C=O) groups is 3. The molecule has 0 spiro atoms. The molecule has 0 radical (unpaired) electrons. The Morgan fingerprint density at radius 1 is 1.38 bits per heavy atom. The van der Waals surface area contributed by atoms with Crippen LogP contribution in [0.3, 0.4) is 0 Å². The summed E-state index contributed by atoms with van der Waals surface area (Å²) in [5.41, 5.74) is 0.521. The van der Waals surface area contributed by atoms with Gasteiger partial charge < -0.3 is 20.1 Å². The number of carbonyl (C=O) groups excluding carboxylic acids is 2. The fourth-order valence-electron chi connectivity index (χ4n) is 2.44. The predicted molar refractivity (Wildman–Crippen MR) is 81.7 cm³/mol. The molecule has 1 aliphatic rings. The summed E-state index contributed by atoms with van der Waals surface area (Å²) in [6.45, 7) is 0.620. The Balaban J connectivity index is 1.77. The van der Waals surface area contributed by atoms with Crippen molar-refractivity contribution in [3.8, 4) is 0 Å². The van der Waals surface area contributed by atoms with E-state index in [1.807, 2.05) is 0 Å². The van der Waals surface area contributed by atoms with E-state index >= 15 is 0 Å². The number of carboxylic acid groups (broad SMARTS) is 1. The van der Waals surface area contributed by atoms with Crippen molar-refractivity contribution in [1.29, 1.82) is 0 Å². The molecule has 1 aromatic rings. The summed E-state index contributed by atoms with van der Waals surface area (Å²) in [5.74, 6) is -2.10. The van der Waals surface area contributed by atoms with E-state index in [-0.39, 0.29) is 44.4 Å². The zero-order valence-electron chi connectivity index (χ0n) is 13.0. The van der Waals surface area contributed by atoms with Gasteiger partial charge in [0.1, 0.15) is 5.82 Å². The van der Waals surface area contributed by atoms with Crippen molar-refractivity contribution in [1.82, 2.24) is 10.2 Å². The quantitative estimate of drug-likeness (QED) is 0.772. The second kappa shape index (κ2) is 8.39. The zero-order chi connectivity index (χ0) is 17.5. The first-order valence-electron chi connectivity index (χ1n) is 7.56. The van der Waals surface area contributed by atoms with Crippen LogP contribution in [0.2, 0.25) is 0 Å².